The zero-order valence-electron chi connectivity index (χ0n) is 7.79. The van der Waals surface area contributed by atoms with Crippen LogP contribution in [0.5, 0.6) is 0 Å². The van der Waals surface area contributed by atoms with Crippen molar-refractivity contribution in [2.45, 2.75) is 6.42 Å². The molecule has 0 aliphatic carbocycles. The largest absolute Gasteiger partial charge is 0.384 e. The van der Waals surface area contributed by atoms with E-state index in [1.807, 2.05) is 11.3 Å². The minimum absolute atomic E-state index is 1.04. The summed E-state index contributed by atoms with van der Waals surface area (Å²) in [7, 11) is 0. The van der Waals surface area contributed by atoms with E-state index in [0.717, 1.165) is 13.0 Å². The predicted octanol–water partition coefficient (Wildman–Crippen LogP) is 3.38. The number of para-hydroxylation sites is 1. The van der Waals surface area contributed by atoms with Crippen LogP contribution in [0.4, 0.5) is 5.69 Å². The molecule has 1 aliphatic heterocycles. The topological polar surface area (TPSA) is 12.0 Å². The number of hydrogen-bond donors (Lipinski definition) is 1. The summed E-state index contributed by atoms with van der Waals surface area (Å²) in [6.07, 6.45) is 1.13. The Labute approximate surface area is 87.4 Å². The molecule has 3 rings (SSSR count). The molecule has 0 saturated heterocycles. The zero-order valence-corrected chi connectivity index (χ0v) is 8.60. The van der Waals surface area contributed by atoms with Crippen LogP contribution in [0.3, 0.4) is 0 Å². The van der Waals surface area contributed by atoms with Crippen molar-refractivity contribution >= 4 is 17.0 Å². The fourth-order valence-electron chi connectivity index (χ4n) is 1.94. The standard InChI is InChI=1S/C12H11NS/c1-2-4-11-10(3-1)12-9(5-7-13-11)6-8-14-12/h1-4,6,8,13H,5,7H2. The van der Waals surface area contributed by atoms with E-state index in [9.17, 15) is 0 Å². The molecular formula is C12H11NS. The molecule has 0 unspecified atom stereocenters. The molecule has 14 heavy (non-hydrogen) atoms. The van der Waals surface area contributed by atoms with Gasteiger partial charge in [0.2, 0.25) is 0 Å². The van der Waals surface area contributed by atoms with Crippen LogP contribution in [0.2, 0.25) is 0 Å². The van der Waals surface area contributed by atoms with E-state index in [1.165, 1.54) is 21.7 Å². The fourth-order valence-corrected chi connectivity index (χ4v) is 2.93. The molecular weight excluding hydrogens is 190 g/mol. The summed E-state index contributed by atoms with van der Waals surface area (Å²) in [4.78, 5) is 1.44. The summed E-state index contributed by atoms with van der Waals surface area (Å²) < 4.78 is 0. The summed E-state index contributed by atoms with van der Waals surface area (Å²) in [5.74, 6) is 0. The molecule has 0 radical (unpaired) electrons. The van der Waals surface area contributed by atoms with Gasteiger partial charge in [-0.15, -0.1) is 11.3 Å². The van der Waals surface area contributed by atoms with Crippen molar-refractivity contribution in [1.29, 1.82) is 0 Å². The first-order valence-electron chi connectivity index (χ1n) is 4.85. The van der Waals surface area contributed by atoms with Crippen LogP contribution in [0.1, 0.15) is 5.56 Å². The highest BCUT2D eigenvalue weighted by molar-refractivity contribution is 7.13. The lowest BCUT2D eigenvalue weighted by atomic mass is 10.1. The van der Waals surface area contributed by atoms with E-state index < -0.39 is 0 Å². The Balaban J connectivity index is 2.27. The van der Waals surface area contributed by atoms with Gasteiger partial charge < -0.3 is 5.32 Å². The third-order valence-electron chi connectivity index (χ3n) is 2.63. The molecule has 0 spiro atoms. The summed E-state index contributed by atoms with van der Waals surface area (Å²) >= 11 is 1.84. The predicted molar refractivity (Wildman–Crippen MR) is 61.9 cm³/mol. The van der Waals surface area contributed by atoms with Crippen molar-refractivity contribution in [2.75, 3.05) is 11.9 Å². The number of benzene rings is 1. The van der Waals surface area contributed by atoms with Gasteiger partial charge in [-0.05, 0) is 29.5 Å². The van der Waals surface area contributed by atoms with Crippen LogP contribution in [0.25, 0.3) is 10.4 Å². The van der Waals surface area contributed by atoms with Gasteiger partial charge in [0.25, 0.3) is 0 Å². The molecule has 2 aromatic rings. The van der Waals surface area contributed by atoms with E-state index >= 15 is 0 Å². The Morgan fingerprint density at radius 1 is 1.14 bits per heavy atom. The van der Waals surface area contributed by atoms with Crippen LogP contribution < -0.4 is 5.32 Å². The van der Waals surface area contributed by atoms with Gasteiger partial charge in [0, 0.05) is 22.7 Å². The van der Waals surface area contributed by atoms with Crippen LogP contribution in [0, 0.1) is 0 Å². The maximum Gasteiger partial charge on any atom is 0.0428 e. The Morgan fingerprint density at radius 3 is 3.07 bits per heavy atom. The second kappa shape index (κ2) is 3.14. The second-order valence-electron chi connectivity index (χ2n) is 3.50. The molecule has 2 heterocycles. The average Bonchev–Trinajstić information content (AvgIpc) is 2.61. The van der Waals surface area contributed by atoms with E-state index in [-0.39, 0.29) is 0 Å². The first kappa shape index (κ1) is 8.06. The van der Waals surface area contributed by atoms with Crippen molar-refractivity contribution < 1.29 is 0 Å². The number of fused-ring (bicyclic) bond motifs is 3. The van der Waals surface area contributed by atoms with Gasteiger partial charge in [0.15, 0.2) is 0 Å². The van der Waals surface area contributed by atoms with Gasteiger partial charge in [-0.3, -0.25) is 0 Å². The number of thiophene rings is 1. The van der Waals surface area contributed by atoms with Gasteiger partial charge in [0.05, 0.1) is 0 Å². The molecule has 2 heteroatoms. The van der Waals surface area contributed by atoms with Gasteiger partial charge in [-0.2, -0.15) is 0 Å². The van der Waals surface area contributed by atoms with Crippen LogP contribution in [-0.4, -0.2) is 6.54 Å². The number of hydrogen-bond acceptors (Lipinski definition) is 2. The highest BCUT2D eigenvalue weighted by Crippen LogP contribution is 2.36. The van der Waals surface area contributed by atoms with Crippen molar-refractivity contribution in [3.05, 3.63) is 41.3 Å². The molecule has 0 saturated carbocycles. The molecule has 0 atom stereocenters. The molecule has 0 amide bonds. The highest BCUT2D eigenvalue weighted by atomic mass is 32.1. The third kappa shape index (κ3) is 1.15. The fraction of sp³-hybridized carbons (Fsp3) is 0.167. The second-order valence-corrected chi connectivity index (χ2v) is 4.41. The van der Waals surface area contributed by atoms with Gasteiger partial charge >= 0.3 is 0 Å². The van der Waals surface area contributed by atoms with E-state index in [4.69, 9.17) is 0 Å². The van der Waals surface area contributed by atoms with E-state index in [1.54, 1.807) is 0 Å². The summed E-state index contributed by atoms with van der Waals surface area (Å²) in [5, 5.41) is 5.65. The highest BCUT2D eigenvalue weighted by Gasteiger charge is 2.13. The Kier molecular flexibility index (Phi) is 1.81. The zero-order chi connectivity index (χ0) is 9.38. The van der Waals surface area contributed by atoms with Crippen molar-refractivity contribution in [1.82, 2.24) is 0 Å². The molecule has 0 bridgehead atoms. The first-order valence-corrected chi connectivity index (χ1v) is 5.73. The SMILES string of the molecule is c1ccc2c(c1)NCCc1ccsc1-2. The van der Waals surface area contributed by atoms with E-state index in [0.29, 0.717) is 0 Å². The van der Waals surface area contributed by atoms with Gasteiger partial charge in [0.1, 0.15) is 0 Å². The van der Waals surface area contributed by atoms with Crippen LogP contribution >= 0.6 is 11.3 Å². The Bertz CT molecular complexity index is 459. The van der Waals surface area contributed by atoms with Crippen molar-refractivity contribution in [3.8, 4) is 10.4 Å². The van der Waals surface area contributed by atoms with Crippen LogP contribution in [0.15, 0.2) is 35.7 Å². The minimum atomic E-state index is 1.04. The molecule has 0 fully saturated rings. The summed E-state index contributed by atoms with van der Waals surface area (Å²) in [6.45, 7) is 1.04. The van der Waals surface area contributed by atoms with Crippen molar-refractivity contribution in [3.63, 3.8) is 0 Å². The lowest BCUT2D eigenvalue weighted by molar-refractivity contribution is 1.04. The number of anilines is 1. The monoisotopic (exact) mass is 201 g/mol. The molecule has 70 valence electrons. The average molecular weight is 201 g/mol. The van der Waals surface area contributed by atoms with E-state index in [2.05, 4.69) is 41.0 Å². The third-order valence-corrected chi connectivity index (χ3v) is 3.62. The lowest BCUT2D eigenvalue weighted by Crippen LogP contribution is -2.01. The van der Waals surface area contributed by atoms with Crippen molar-refractivity contribution in [2.24, 2.45) is 0 Å². The molecule has 1 N–H and O–H groups in total. The molecule has 1 aliphatic rings. The number of rotatable bonds is 0. The maximum atomic E-state index is 3.46. The number of nitrogens with one attached hydrogen (secondary N) is 1. The molecule has 1 nitrogen and oxygen atoms in total. The Morgan fingerprint density at radius 2 is 2.07 bits per heavy atom. The van der Waals surface area contributed by atoms with Crippen LogP contribution in [-0.2, 0) is 6.42 Å². The molecule has 1 aromatic heterocycles. The van der Waals surface area contributed by atoms with Gasteiger partial charge in [-0.25, -0.2) is 0 Å². The van der Waals surface area contributed by atoms with Gasteiger partial charge in [-0.1, -0.05) is 18.2 Å². The lowest BCUT2D eigenvalue weighted by Gasteiger charge is -2.05. The normalized spacial score (nSPS) is 13.7. The molecule has 1 aromatic carbocycles. The Hall–Kier alpha value is -1.28. The summed E-state index contributed by atoms with van der Waals surface area (Å²) in [6, 6.07) is 10.8. The smallest absolute Gasteiger partial charge is 0.0428 e. The first-order chi connectivity index (χ1) is 6.95. The summed E-state index contributed by atoms with van der Waals surface area (Å²) in [5.41, 5.74) is 4.11. The quantitative estimate of drug-likeness (QED) is 0.689. The minimum Gasteiger partial charge on any atom is -0.384 e. The maximum absolute atomic E-state index is 3.46.